The Kier molecular flexibility index (Phi) is 10.3. The number of carbonyl (C=O) groups excluding carboxylic acids is 2. The van der Waals surface area contributed by atoms with Crippen molar-refractivity contribution in [3.05, 3.63) is 64.9 Å². The molecule has 0 bridgehead atoms. The van der Waals surface area contributed by atoms with Crippen molar-refractivity contribution in [2.75, 3.05) is 17.1 Å². The summed E-state index contributed by atoms with van der Waals surface area (Å²) >= 11 is 6.14. The third kappa shape index (κ3) is 8.43. The average Bonchev–Trinajstić information content (AvgIpc) is 2.85. The van der Waals surface area contributed by atoms with Gasteiger partial charge in [-0.3, -0.25) is 13.9 Å². The van der Waals surface area contributed by atoms with Crippen molar-refractivity contribution >= 4 is 39.1 Å². The molecule has 2 amide bonds. The molecule has 2 aromatic rings. The van der Waals surface area contributed by atoms with Gasteiger partial charge in [0.2, 0.25) is 21.8 Å². The minimum Gasteiger partial charge on any atom is -0.352 e. The van der Waals surface area contributed by atoms with E-state index < -0.39 is 21.9 Å². The Morgan fingerprint density at radius 1 is 1.11 bits per heavy atom. The Labute approximate surface area is 224 Å². The highest BCUT2D eigenvalue weighted by molar-refractivity contribution is 7.92. The van der Waals surface area contributed by atoms with Gasteiger partial charge in [0.15, 0.2) is 0 Å². The normalized spacial score (nSPS) is 15.1. The number of benzene rings is 2. The first-order chi connectivity index (χ1) is 17.6. The molecule has 1 aliphatic carbocycles. The fourth-order valence-corrected chi connectivity index (χ4v) is 5.80. The smallest absolute Gasteiger partial charge is 0.242 e. The van der Waals surface area contributed by atoms with Gasteiger partial charge in [-0.25, -0.2) is 12.8 Å². The highest BCUT2D eigenvalue weighted by Crippen LogP contribution is 2.23. The molecule has 0 heterocycles. The number of sulfonamides is 1. The second-order valence-electron chi connectivity index (χ2n) is 9.56. The van der Waals surface area contributed by atoms with Crippen molar-refractivity contribution < 1.29 is 22.4 Å². The molecule has 1 aliphatic rings. The number of anilines is 1. The van der Waals surface area contributed by atoms with Crippen molar-refractivity contribution in [1.82, 2.24) is 10.2 Å². The van der Waals surface area contributed by atoms with Crippen LogP contribution in [-0.2, 0) is 26.2 Å². The summed E-state index contributed by atoms with van der Waals surface area (Å²) in [6, 6.07) is 12.1. The summed E-state index contributed by atoms with van der Waals surface area (Å²) in [6.07, 6.45) is 6.32. The minimum absolute atomic E-state index is 0.0118. The topological polar surface area (TPSA) is 86.8 Å². The summed E-state index contributed by atoms with van der Waals surface area (Å²) in [5.74, 6) is -1.17. The molecule has 2 aromatic carbocycles. The van der Waals surface area contributed by atoms with Crippen LogP contribution < -0.4 is 9.62 Å². The van der Waals surface area contributed by atoms with Gasteiger partial charge in [-0.2, -0.15) is 0 Å². The molecule has 3 rings (SSSR count). The number of nitrogens with zero attached hydrogens (tertiary/aromatic N) is 2. The Bertz CT molecular complexity index is 1190. The van der Waals surface area contributed by atoms with E-state index >= 15 is 0 Å². The van der Waals surface area contributed by atoms with E-state index in [9.17, 15) is 22.4 Å². The molecule has 1 unspecified atom stereocenters. The maximum absolute atomic E-state index is 14.3. The number of carbonyl (C=O) groups is 2. The SMILES string of the molecule is CC(C(=O)NC1CCCCC1)N(Cc1cccc(Cl)c1)C(=O)CCCN(c1ccccc1F)S(C)(=O)=O. The molecule has 37 heavy (non-hydrogen) atoms. The zero-order valence-corrected chi connectivity index (χ0v) is 22.9. The lowest BCUT2D eigenvalue weighted by Crippen LogP contribution is -2.50. The van der Waals surface area contributed by atoms with Gasteiger partial charge < -0.3 is 10.2 Å². The lowest BCUT2D eigenvalue weighted by atomic mass is 9.95. The van der Waals surface area contributed by atoms with Gasteiger partial charge in [-0.15, -0.1) is 0 Å². The number of para-hydroxylation sites is 1. The predicted molar refractivity (Wildman–Crippen MR) is 144 cm³/mol. The van der Waals surface area contributed by atoms with Gasteiger partial charge in [0, 0.05) is 30.6 Å². The highest BCUT2D eigenvalue weighted by Gasteiger charge is 2.28. The predicted octanol–water partition coefficient (Wildman–Crippen LogP) is 4.89. The summed E-state index contributed by atoms with van der Waals surface area (Å²) in [6.45, 7) is 1.81. The average molecular weight is 552 g/mol. The Balaban J connectivity index is 1.72. The molecule has 0 spiro atoms. The van der Waals surface area contributed by atoms with Crippen molar-refractivity contribution in [3.8, 4) is 0 Å². The van der Waals surface area contributed by atoms with Crippen molar-refractivity contribution in [3.63, 3.8) is 0 Å². The molecule has 1 fully saturated rings. The summed E-state index contributed by atoms with van der Waals surface area (Å²) in [4.78, 5) is 28.0. The Hall–Kier alpha value is -2.65. The maximum atomic E-state index is 14.3. The zero-order chi connectivity index (χ0) is 27.0. The van der Waals surface area contributed by atoms with Crippen LogP contribution in [0.1, 0.15) is 57.4 Å². The second-order valence-corrected chi connectivity index (χ2v) is 11.9. The third-order valence-corrected chi connectivity index (χ3v) is 8.05. The van der Waals surface area contributed by atoms with Crippen LogP contribution in [0.25, 0.3) is 0 Å². The minimum atomic E-state index is -3.77. The second kappa shape index (κ2) is 13.2. The van der Waals surface area contributed by atoms with Gasteiger partial charge in [-0.05, 0) is 56.0 Å². The van der Waals surface area contributed by atoms with Crippen molar-refractivity contribution in [2.24, 2.45) is 0 Å². The number of amides is 2. The third-order valence-electron chi connectivity index (χ3n) is 6.63. The van der Waals surface area contributed by atoms with Crippen LogP contribution in [0.4, 0.5) is 10.1 Å². The van der Waals surface area contributed by atoms with Gasteiger partial charge in [-0.1, -0.05) is 55.1 Å². The van der Waals surface area contributed by atoms with E-state index in [4.69, 9.17) is 11.6 Å². The van der Waals surface area contributed by atoms with Crippen LogP contribution >= 0.6 is 11.6 Å². The van der Waals surface area contributed by atoms with Crippen LogP contribution in [0.5, 0.6) is 0 Å². The molecule has 0 saturated heterocycles. The number of hydrogen-bond acceptors (Lipinski definition) is 4. The van der Waals surface area contributed by atoms with Crippen molar-refractivity contribution in [1.29, 1.82) is 0 Å². The fraction of sp³-hybridized carbons (Fsp3) is 0.481. The van der Waals surface area contributed by atoms with Crippen molar-refractivity contribution in [2.45, 2.75) is 70.5 Å². The molecule has 0 aromatic heterocycles. The Morgan fingerprint density at radius 2 is 1.81 bits per heavy atom. The molecule has 202 valence electrons. The monoisotopic (exact) mass is 551 g/mol. The van der Waals surface area contributed by atoms with E-state index in [1.807, 2.05) is 6.07 Å². The first-order valence-corrected chi connectivity index (χ1v) is 14.9. The van der Waals surface area contributed by atoms with Crippen LogP contribution in [0.15, 0.2) is 48.5 Å². The molecule has 7 nitrogen and oxygen atoms in total. The molecule has 0 aliphatic heterocycles. The van der Waals surface area contributed by atoms with E-state index in [-0.39, 0.29) is 49.5 Å². The fourth-order valence-electron chi connectivity index (χ4n) is 4.62. The van der Waals surface area contributed by atoms with Crippen LogP contribution in [0.2, 0.25) is 5.02 Å². The molecular weight excluding hydrogens is 517 g/mol. The van der Waals surface area contributed by atoms with Crippen LogP contribution in [-0.4, -0.2) is 50.0 Å². The number of nitrogens with one attached hydrogen (secondary N) is 1. The van der Waals surface area contributed by atoms with E-state index in [2.05, 4.69) is 5.32 Å². The molecule has 10 heteroatoms. The maximum Gasteiger partial charge on any atom is 0.242 e. The molecule has 1 N–H and O–H groups in total. The van der Waals surface area contributed by atoms with Crippen LogP contribution in [0, 0.1) is 5.82 Å². The van der Waals surface area contributed by atoms with E-state index in [0.717, 1.165) is 41.8 Å². The van der Waals surface area contributed by atoms with Gasteiger partial charge in [0.1, 0.15) is 11.9 Å². The van der Waals surface area contributed by atoms with E-state index in [1.54, 1.807) is 31.2 Å². The lowest BCUT2D eigenvalue weighted by molar-refractivity contribution is -0.141. The Morgan fingerprint density at radius 3 is 2.46 bits per heavy atom. The standard InChI is InChI=1S/C27H35ClFN3O4S/c1-20(27(34)30-23-12-4-3-5-13-23)31(19-21-10-8-11-22(28)18-21)26(33)16-9-17-32(37(2,35)36)25-15-7-6-14-24(25)29/h6-8,10-11,14-15,18,20,23H,3-5,9,12-13,16-17,19H2,1-2H3,(H,30,34). The quantitative estimate of drug-likeness (QED) is 0.431. The van der Waals surface area contributed by atoms with Gasteiger partial charge >= 0.3 is 0 Å². The van der Waals surface area contributed by atoms with Crippen LogP contribution in [0.3, 0.4) is 0 Å². The number of rotatable bonds is 11. The highest BCUT2D eigenvalue weighted by atomic mass is 35.5. The van der Waals surface area contributed by atoms with E-state index in [1.165, 1.54) is 29.5 Å². The van der Waals surface area contributed by atoms with Gasteiger partial charge in [0.05, 0.1) is 11.9 Å². The molecule has 1 saturated carbocycles. The molecule has 1 atom stereocenters. The summed E-state index contributed by atoms with van der Waals surface area (Å²) in [7, 11) is -3.77. The zero-order valence-electron chi connectivity index (χ0n) is 21.3. The largest absolute Gasteiger partial charge is 0.352 e. The summed E-state index contributed by atoms with van der Waals surface area (Å²) in [5, 5.41) is 3.61. The molecular formula is C27H35ClFN3O4S. The first kappa shape index (κ1) is 28.9. The first-order valence-electron chi connectivity index (χ1n) is 12.6. The summed E-state index contributed by atoms with van der Waals surface area (Å²) in [5.41, 5.74) is 0.718. The molecule has 0 radical (unpaired) electrons. The van der Waals surface area contributed by atoms with Gasteiger partial charge in [0.25, 0.3) is 0 Å². The number of hydrogen-bond donors (Lipinski definition) is 1. The summed E-state index contributed by atoms with van der Waals surface area (Å²) < 4.78 is 40.0. The lowest BCUT2D eigenvalue weighted by Gasteiger charge is -2.31. The number of halogens is 2. The van der Waals surface area contributed by atoms with E-state index in [0.29, 0.717) is 5.02 Å².